The second-order valence-electron chi connectivity index (χ2n) is 3.99. The highest BCUT2D eigenvalue weighted by Crippen LogP contribution is 2.23. The van der Waals surface area contributed by atoms with Crippen molar-refractivity contribution in [1.82, 2.24) is 9.88 Å². The third kappa shape index (κ3) is 3.81. The summed E-state index contributed by atoms with van der Waals surface area (Å²) in [6, 6.07) is 2.86. The van der Waals surface area contributed by atoms with Gasteiger partial charge in [0.1, 0.15) is 5.82 Å². The van der Waals surface area contributed by atoms with E-state index in [-0.39, 0.29) is 24.0 Å². The molecule has 0 aliphatic heterocycles. The number of likely N-dealkylation sites (N-methyl/N-ethyl adjacent to an activating group) is 1. The number of pyridine rings is 1. The largest absolute Gasteiger partial charge is 0.373 e. The number of rotatable bonds is 7. The van der Waals surface area contributed by atoms with Crippen LogP contribution in [-0.2, 0) is 4.79 Å². The van der Waals surface area contributed by atoms with Crippen LogP contribution in [0.15, 0.2) is 12.1 Å². The van der Waals surface area contributed by atoms with Crippen LogP contribution in [0.3, 0.4) is 0 Å². The Hall–Kier alpha value is -2.38. The number of nitrogens with one attached hydrogen (secondary N) is 2. The molecule has 0 bridgehead atoms. The monoisotopic (exact) mass is 281 g/mol. The summed E-state index contributed by atoms with van der Waals surface area (Å²) in [4.78, 5) is 28.0. The molecule has 0 spiro atoms. The smallest absolute Gasteiger partial charge is 0.311 e. The average Bonchev–Trinajstić information content (AvgIpc) is 2.45. The molecule has 110 valence electrons. The molecular formula is C12H19N5O3. The topological polar surface area (TPSA) is 100 Å². The molecule has 0 aromatic carbocycles. The van der Waals surface area contributed by atoms with Gasteiger partial charge < -0.3 is 15.5 Å². The van der Waals surface area contributed by atoms with Crippen molar-refractivity contribution in [2.45, 2.75) is 13.8 Å². The van der Waals surface area contributed by atoms with Gasteiger partial charge in [-0.15, -0.1) is 0 Å². The number of nitro groups is 1. The Balaban J connectivity index is 2.85. The van der Waals surface area contributed by atoms with E-state index in [1.54, 1.807) is 11.9 Å². The number of nitrogens with zero attached hydrogens (tertiary/aromatic N) is 3. The van der Waals surface area contributed by atoms with Gasteiger partial charge in [0, 0.05) is 26.2 Å². The minimum Gasteiger partial charge on any atom is -0.373 e. The standard InChI is InChI=1S/C12H19N5O3/c1-4-16(5-2)11(18)8-14-12-9(17(19)20)6-7-10(13-3)15-12/h6-7H,4-5,8H2,1-3H3,(H2,13,14,15). The highest BCUT2D eigenvalue weighted by molar-refractivity contribution is 5.81. The molecule has 20 heavy (non-hydrogen) atoms. The first-order valence-corrected chi connectivity index (χ1v) is 6.38. The van der Waals surface area contributed by atoms with Crippen molar-refractivity contribution < 1.29 is 9.72 Å². The highest BCUT2D eigenvalue weighted by Gasteiger charge is 2.17. The van der Waals surface area contributed by atoms with Crippen LogP contribution in [-0.4, -0.2) is 47.4 Å². The van der Waals surface area contributed by atoms with Crippen LogP contribution in [0.5, 0.6) is 0 Å². The Bertz CT molecular complexity index is 488. The summed E-state index contributed by atoms with van der Waals surface area (Å²) < 4.78 is 0. The van der Waals surface area contributed by atoms with Gasteiger partial charge in [0.2, 0.25) is 11.7 Å². The van der Waals surface area contributed by atoms with E-state index in [1.165, 1.54) is 12.1 Å². The van der Waals surface area contributed by atoms with Crippen molar-refractivity contribution in [1.29, 1.82) is 0 Å². The van der Waals surface area contributed by atoms with Gasteiger partial charge in [-0.05, 0) is 19.9 Å². The number of anilines is 2. The van der Waals surface area contributed by atoms with Crippen LogP contribution in [0, 0.1) is 10.1 Å². The Kier molecular flexibility index (Phi) is 5.70. The SMILES string of the molecule is CCN(CC)C(=O)CNc1nc(NC)ccc1[N+](=O)[O-]. The zero-order valence-corrected chi connectivity index (χ0v) is 11.8. The Labute approximate surface area is 117 Å². The van der Waals surface area contributed by atoms with Crippen LogP contribution >= 0.6 is 0 Å². The first-order chi connectivity index (χ1) is 9.53. The zero-order valence-electron chi connectivity index (χ0n) is 11.8. The van der Waals surface area contributed by atoms with E-state index < -0.39 is 4.92 Å². The highest BCUT2D eigenvalue weighted by atomic mass is 16.6. The van der Waals surface area contributed by atoms with Crippen molar-refractivity contribution in [3.05, 3.63) is 22.2 Å². The van der Waals surface area contributed by atoms with Crippen molar-refractivity contribution in [2.75, 3.05) is 37.3 Å². The molecule has 0 radical (unpaired) electrons. The molecule has 1 aromatic rings. The first-order valence-electron chi connectivity index (χ1n) is 6.38. The molecule has 8 nitrogen and oxygen atoms in total. The third-order valence-corrected chi connectivity index (χ3v) is 2.85. The number of hydrogen-bond acceptors (Lipinski definition) is 6. The van der Waals surface area contributed by atoms with Gasteiger partial charge in [-0.2, -0.15) is 0 Å². The second-order valence-corrected chi connectivity index (χ2v) is 3.99. The van der Waals surface area contributed by atoms with Crippen molar-refractivity contribution in [3.63, 3.8) is 0 Å². The van der Waals surface area contributed by atoms with Crippen LogP contribution < -0.4 is 10.6 Å². The molecule has 1 amide bonds. The van der Waals surface area contributed by atoms with Crippen molar-refractivity contribution in [2.24, 2.45) is 0 Å². The molecule has 2 N–H and O–H groups in total. The molecule has 1 heterocycles. The Morgan fingerprint density at radius 3 is 2.55 bits per heavy atom. The molecule has 0 aliphatic rings. The maximum atomic E-state index is 11.9. The molecule has 0 saturated carbocycles. The average molecular weight is 281 g/mol. The van der Waals surface area contributed by atoms with Gasteiger partial charge in [0.25, 0.3) is 0 Å². The minimum absolute atomic E-state index is 0.0251. The predicted octanol–water partition coefficient (Wildman–Crippen LogP) is 1.31. The molecule has 1 aromatic heterocycles. The van der Waals surface area contributed by atoms with E-state index in [2.05, 4.69) is 15.6 Å². The van der Waals surface area contributed by atoms with Gasteiger partial charge in [-0.3, -0.25) is 14.9 Å². The molecule has 0 atom stereocenters. The van der Waals surface area contributed by atoms with Crippen LogP contribution in [0.4, 0.5) is 17.3 Å². The predicted molar refractivity (Wildman–Crippen MR) is 76.9 cm³/mol. The number of carbonyl (C=O) groups is 1. The van der Waals surface area contributed by atoms with Gasteiger partial charge >= 0.3 is 5.69 Å². The van der Waals surface area contributed by atoms with Gasteiger partial charge in [0.05, 0.1) is 11.5 Å². The zero-order chi connectivity index (χ0) is 15.1. The van der Waals surface area contributed by atoms with E-state index >= 15 is 0 Å². The number of carbonyl (C=O) groups excluding carboxylic acids is 1. The summed E-state index contributed by atoms with van der Waals surface area (Å²) in [7, 11) is 1.67. The second kappa shape index (κ2) is 7.27. The van der Waals surface area contributed by atoms with Crippen molar-refractivity contribution >= 4 is 23.2 Å². The lowest BCUT2D eigenvalue weighted by molar-refractivity contribution is -0.384. The fourth-order valence-electron chi connectivity index (χ4n) is 1.72. The molecule has 8 heteroatoms. The lowest BCUT2D eigenvalue weighted by atomic mass is 10.3. The fraction of sp³-hybridized carbons (Fsp3) is 0.500. The molecule has 0 saturated heterocycles. The van der Waals surface area contributed by atoms with E-state index in [0.717, 1.165) is 0 Å². The maximum Gasteiger partial charge on any atom is 0.311 e. The van der Waals surface area contributed by atoms with E-state index in [1.807, 2.05) is 13.8 Å². The third-order valence-electron chi connectivity index (χ3n) is 2.85. The fourth-order valence-corrected chi connectivity index (χ4v) is 1.72. The summed E-state index contributed by atoms with van der Waals surface area (Å²) in [6.07, 6.45) is 0. The Morgan fingerprint density at radius 1 is 1.40 bits per heavy atom. The lowest BCUT2D eigenvalue weighted by Gasteiger charge is -2.18. The molecule has 0 aliphatic carbocycles. The van der Waals surface area contributed by atoms with Crippen molar-refractivity contribution in [3.8, 4) is 0 Å². The summed E-state index contributed by atoms with van der Waals surface area (Å²) >= 11 is 0. The molecule has 0 unspecified atom stereocenters. The van der Waals surface area contributed by atoms with Gasteiger partial charge in [0.15, 0.2) is 0 Å². The van der Waals surface area contributed by atoms with Crippen LogP contribution in [0.25, 0.3) is 0 Å². The summed E-state index contributed by atoms with van der Waals surface area (Å²) in [5.74, 6) is 0.455. The molecule has 0 fully saturated rings. The number of aromatic nitrogens is 1. The molecular weight excluding hydrogens is 262 g/mol. The lowest BCUT2D eigenvalue weighted by Crippen LogP contribution is -2.35. The number of amides is 1. The summed E-state index contributed by atoms with van der Waals surface area (Å²) in [6.45, 7) is 4.93. The molecule has 1 rings (SSSR count). The van der Waals surface area contributed by atoms with E-state index in [4.69, 9.17) is 0 Å². The van der Waals surface area contributed by atoms with Crippen LogP contribution in [0.2, 0.25) is 0 Å². The van der Waals surface area contributed by atoms with E-state index in [0.29, 0.717) is 18.9 Å². The van der Waals surface area contributed by atoms with Gasteiger partial charge in [-0.1, -0.05) is 0 Å². The maximum absolute atomic E-state index is 11.9. The Morgan fingerprint density at radius 2 is 2.05 bits per heavy atom. The first kappa shape index (κ1) is 15.7. The van der Waals surface area contributed by atoms with Gasteiger partial charge in [-0.25, -0.2) is 4.98 Å². The summed E-state index contributed by atoms with van der Waals surface area (Å²) in [5, 5.41) is 16.5. The minimum atomic E-state index is -0.531. The normalized spacial score (nSPS) is 9.95. The van der Waals surface area contributed by atoms with Crippen LogP contribution in [0.1, 0.15) is 13.8 Å². The summed E-state index contributed by atoms with van der Waals surface area (Å²) in [5.41, 5.74) is -0.156. The van der Waals surface area contributed by atoms with E-state index in [9.17, 15) is 14.9 Å². The number of hydrogen-bond donors (Lipinski definition) is 2. The quantitative estimate of drug-likeness (QED) is 0.577.